The molecule has 2 amide bonds. The molecule has 0 aliphatic carbocycles. The number of nitrogens with two attached hydrogens (primary N) is 1. The van der Waals surface area contributed by atoms with Gasteiger partial charge in [0.15, 0.2) is 0 Å². The molecule has 142 valence electrons. The molecule has 1 aromatic carbocycles. The maximum Gasteiger partial charge on any atom is 0.244 e. The maximum absolute atomic E-state index is 12.0. The number of benzene rings is 1. The number of nitrogens with one attached hydrogen (secondary N) is 2. The van der Waals surface area contributed by atoms with Crippen molar-refractivity contribution < 1.29 is 9.59 Å². The molecule has 2 rings (SSSR count). The van der Waals surface area contributed by atoms with Crippen LogP contribution < -0.4 is 16.4 Å². The summed E-state index contributed by atoms with van der Waals surface area (Å²) in [6.07, 6.45) is 2.44. The van der Waals surface area contributed by atoms with Crippen LogP contribution in [0.2, 0.25) is 0 Å². The number of aryl methyl sites for hydroxylation is 2. The second-order valence-corrected chi connectivity index (χ2v) is 6.21. The van der Waals surface area contributed by atoms with Gasteiger partial charge in [0, 0.05) is 12.6 Å². The maximum atomic E-state index is 12.0. The second-order valence-electron chi connectivity index (χ2n) is 6.21. The molecule has 0 aliphatic heterocycles. The van der Waals surface area contributed by atoms with Crippen molar-refractivity contribution >= 4 is 30.0 Å². The number of hydrogen-bond acceptors (Lipinski definition) is 4. The molecule has 8 heteroatoms. The van der Waals surface area contributed by atoms with Gasteiger partial charge in [-0.25, -0.2) is 4.68 Å². The van der Waals surface area contributed by atoms with E-state index in [4.69, 9.17) is 5.73 Å². The van der Waals surface area contributed by atoms with Gasteiger partial charge < -0.3 is 16.4 Å². The molecule has 1 atom stereocenters. The van der Waals surface area contributed by atoms with Crippen molar-refractivity contribution in [3.05, 3.63) is 48.2 Å². The third kappa shape index (κ3) is 6.50. The van der Waals surface area contributed by atoms with Crippen LogP contribution in [0.15, 0.2) is 42.6 Å². The van der Waals surface area contributed by atoms with Crippen molar-refractivity contribution in [2.75, 3.05) is 11.9 Å². The molecule has 0 bridgehead atoms. The summed E-state index contributed by atoms with van der Waals surface area (Å²) >= 11 is 0. The van der Waals surface area contributed by atoms with E-state index in [9.17, 15) is 9.59 Å². The van der Waals surface area contributed by atoms with Crippen LogP contribution in [0.4, 0.5) is 5.82 Å². The molecular formula is C18H26ClN5O2. The van der Waals surface area contributed by atoms with Crippen molar-refractivity contribution in [3.8, 4) is 0 Å². The second kappa shape index (κ2) is 10.6. The lowest BCUT2D eigenvalue weighted by Gasteiger charge is -2.15. The number of halogens is 1. The molecule has 26 heavy (non-hydrogen) atoms. The molecule has 0 radical (unpaired) electrons. The van der Waals surface area contributed by atoms with Gasteiger partial charge in [0.05, 0.1) is 18.8 Å². The van der Waals surface area contributed by atoms with E-state index in [0.717, 1.165) is 6.42 Å². The largest absolute Gasteiger partial charge is 0.346 e. The first-order chi connectivity index (χ1) is 12.0. The molecule has 2 aromatic rings. The van der Waals surface area contributed by atoms with Gasteiger partial charge in [0.2, 0.25) is 11.8 Å². The number of anilines is 1. The monoisotopic (exact) mass is 379 g/mol. The van der Waals surface area contributed by atoms with Gasteiger partial charge in [-0.05, 0) is 17.9 Å². The predicted octanol–water partition coefficient (Wildman–Crippen LogP) is 1.59. The zero-order valence-corrected chi connectivity index (χ0v) is 15.8. The molecule has 0 saturated heterocycles. The Labute approximate surface area is 159 Å². The standard InChI is InChI=1S/C18H25N5O2.ClH/c1-13(2)17(19)18(25)20-12-16(24)22-15-8-10-21-23(15)11-9-14-6-4-3-5-7-14;/h3-8,10,13,17H,9,11-12,19H2,1-2H3,(H,20,25)(H,22,24);1H/t17-;/m0./s1. The number of carbonyl (C=O) groups excluding carboxylic acids is 2. The molecule has 1 aromatic heterocycles. The molecule has 7 nitrogen and oxygen atoms in total. The van der Waals surface area contributed by atoms with Gasteiger partial charge in [0.25, 0.3) is 0 Å². The fourth-order valence-electron chi connectivity index (χ4n) is 2.27. The summed E-state index contributed by atoms with van der Waals surface area (Å²) in [5.74, 6) is -0.0284. The first-order valence-corrected chi connectivity index (χ1v) is 8.36. The van der Waals surface area contributed by atoms with Crippen LogP contribution in [0.3, 0.4) is 0 Å². The summed E-state index contributed by atoms with van der Waals surface area (Å²) in [5.41, 5.74) is 6.94. The molecule has 0 spiro atoms. The fraction of sp³-hybridized carbons (Fsp3) is 0.389. The number of aromatic nitrogens is 2. The van der Waals surface area contributed by atoms with Crippen LogP contribution in [-0.4, -0.2) is 34.2 Å². The van der Waals surface area contributed by atoms with E-state index in [0.29, 0.717) is 12.4 Å². The molecule has 1 heterocycles. The molecule has 0 saturated carbocycles. The highest BCUT2D eigenvalue weighted by Gasteiger charge is 2.17. The Balaban J connectivity index is 0.00000338. The SMILES string of the molecule is CC(C)[C@H](N)C(=O)NCC(=O)Nc1ccnn1CCc1ccccc1.Cl. The number of carbonyl (C=O) groups is 2. The van der Waals surface area contributed by atoms with E-state index in [-0.39, 0.29) is 36.7 Å². The Kier molecular flexibility index (Phi) is 8.81. The summed E-state index contributed by atoms with van der Waals surface area (Å²) in [7, 11) is 0. The van der Waals surface area contributed by atoms with Crippen molar-refractivity contribution in [2.24, 2.45) is 11.7 Å². The summed E-state index contributed by atoms with van der Waals surface area (Å²) < 4.78 is 1.73. The van der Waals surface area contributed by atoms with E-state index >= 15 is 0 Å². The topological polar surface area (TPSA) is 102 Å². The lowest BCUT2D eigenvalue weighted by atomic mass is 10.1. The number of rotatable bonds is 8. The number of hydrogen-bond donors (Lipinski definition) is 3. The third-order valence-corrected chi connectivity index (χ3v) is 3.88. The molecule has 0 unspecified atom stereocenters. The highest BCUT2D eigenvalue weighted by atomic mass is 35.5. The normalized spacial score (nSPS) is 11.5. The lowest BCUT2D eigenvalue weighted by Crippen LogP contribution is -2.46. The minimum Gasteiger partial charge on any atom is -0.346 e. The Morgan fingerprint density at radius 3 is 2.54 bits per heavy atom. The molecule has 4 N–H and O–H groups in total. The van der Waals surface area contributed by atoms with Crippen LogP contribution in [0.25, 0.3) is 0 Å². The van der Waals surface area contributed by atoms with Crippen molar-refractivity contribution in [1.29, 1.82) is 0 Å². The van der Waals surface area contributed by atoms with E-state index in [1.807, 2.05) is 32.0 Å². The third-order valence-electron chi connectivity index (χ3n) is 3.88. The van der Waals surface area contributed by atoms with Gasteiger partial charge in [-0.2, -0.15) is 5.10 Å². The molecule has 0 fully saturated rings. The van der Waals surface area contributed by atoms with Gasteiger partial charge in [0.1, 0.15) is 5.82 Å². The van der Waals surface area contributed by atoms with E-state index in [1.165, 1.54) is 5.56 Å². The first-order valence-electron chi connectivity index (χ1n) is 8.36. The smallest absolute Gasteiger partial charge is 0.244 e. The summed E-state index contributed by atoms with van der Waals surface area (Å²) in [5, 5.41) is 9.53. The van der Waals surface area contributed by atoms with Gasteiger partial charge in [-0.15, -0.1) is 12.4 Å². The first kappa shape index (κ1) is 21.7. The quantitative estimate of drug-likeness (QED) is 0.648. The van der Waals surface area contributed by atoms with Gasteiger partial charge in [-0.1, -0.05) is 44.2 Å². The Morgan fingerprint density at radius 2 is 1.88 bits per heavy atom. The van der Waals surface area contributed by atoms with Gasteiger partial charge >= 0.3 is 0 Å². The Morgan fingerprint density at radius 1 is 1.19 bits per heavy atom. The fourth-order valence-corrected chi connectivity index (χ4v) is 2.27. The van der Waals surface area contributed by atoms with E-state index < -0.39 is 6.04 Å². The average Bonchev–Trinajstić information content (AvgIpc) is 3.05. The zero-order chi connectivity index (χ0) is 18.2. The van der Waals surface area contributed by atoms with Crippen LogP contribution in [0.1, 0.15) is 19.4 Å². The van der Waals surface area contributed by atoms with Crippen molar-refractivity contribution in [3.63, 3.8) is 0 Å². The molecular weight excluding hydrogens is 354 g/mol. The van der Waals surface area contributed by atoms with Crippen molar-refractivity contribution in [1.82, 2.24) is 15.1 Å². The summed E-state index contributed by atoms with van der Waals surface area (Å²) in [6, 6.07) is 11.2. The highest BCUT2D eigenvalue weighted by molar-refractivity contribution is 5.94. The van der Waals surface area contributed by atoms with Crippen LogP contribution in [0, 0.1) is 5.92 Å². The van der Waals surface area contributed by atoms with Gasteiger partial charge in [-0.3, -0.25) is 9.59 Å². The van der Waals surface area contributed by atoms with E-state index in [1.54, 1.807) is 16.9 Å². The van der Waals surface area contributed by atoms with Crippen LogP contribution in [0.5, 0.6) is 0 Å². The zero-order valence-electron chi connectivity index (χ0n) is 15.0. The number of nitrogens with zero attached hydrogens (tertiary/aromatic N) is 2. The summed E-state index contributed by atoms with van der Waals surface area (Å²) in [6.45, 7) is 4.24. The number of amides is 2. The van der Waals surface area contributed by atoms with E-state index in [2.05, 4.69) is 27.9 Å². The lowest BCUT2D eigenvalue weighted by molar-refractivity contribution is -0.125. The van der Waals surface area contributed by atoms with Crippen LogP contribution in [-0.2, 0) is 22.6 Å². The highest BCUT2D eigenvalue weighted by Crippen LogP contribution is 2.08. The minimum absolute atomic E-state index is 0. The van der Waals surface area contributed by atoms with Crippen molar-refractivity contribution in [2.45, 2.75) is 32.9 Å². The average molecular weight is 380 g/mol. The Hall–Kier alpha value is -2.38. The predicted molar refractivity (Wildman–Crippen MR) is 104 cm³/mol. The summed E-state index contributed by atoms with van der Waals surface area (Å²) in [4.78, 5) is 23.8. The Bertz CT molecular complexity index is 703. The van der Waals surface area contributed by atoms with Crippen LogP contribution >= 0.6 is 12.4 Å². The molecule has 0 aliphatic rings. The minimum atomic E-state index is -0.621.